The smallest absolute Gasteiger partial charge is 0.403 e. The van der Waals surface area contributed by atoms with Gasteiger partial charge in [-0.25, -0.2) is 4.79 Å². The van der Waals surface area contributed by atoms with Gasteiger partial charge in [-0.3, -0.25) is 19.1 Å². The predicted molar refractivity (Wildman–Crippen MR) is 53.5 cm³/mol. The van der Waals surface area contributed by atoms with Crippen LogP contribution in [0.15, 0.2) is 15.8 Å². The monoisotopic (exact) mass is 286 g/mol. The van der Waals surface area contributed by atoms with E-state index in [2.05, 4.69) is 0 Å². The molecule has 0 bridgehead atoms. The summed E-state index contributed by atoms with van der Waals surface area (Å²) in [5.74, 6) is -4.89. The van der Waals surface area contributed by atoms with E-state index in [0.29, 0.717) is 10.8 Å². The minimum atomic E-state index is -5.02. The second-order valence-electron chi connectivity index (χ2n) is 3.32. The van der Waals surface area contributed by atoms with Gasteiger partial charge >= 0.3 is 17.8 Å². The predicted octanol–water partition coefficient (Wildman–Crippen LogP) is 0.453. The number of halogens is 4. The lowest BCUT2D eigenvalue weighted by atomic mass is 10.1. The van der Waals surface area contributed by atoms with E-state index in [1.54, 1.807) is 4.98 Å². The number of carbonyl (C=O) groups is 1. The van der Waals surface area contributed by atoms with Crippen molar-refractivity contribution in [2.24, 2.45) is 5.92 Å². The maximum atomic E-state index is 12.4. The molecule has 18 heavy (non-hydrogen) atoms. The summed E-state index contributed by atoms with van der Waals surface area (Å²) in [5, 5.41) is 7.93. The minimum absolute atomic E-state index is 0.385. The number of carboxylic acid groups (broad SMARTS) is 1. The summed E-state index contributed by atoms with van der Waals surface area (Å²) in [4.78, 5) is 34.2. The summed E-state index contributed by atoms with van der Waals surface area (Å²) in [6.07, 6.45) is -4.36. The number of aromatic nitrogens is 2. The normalized spacial score (nSPS) is 13.3. The number of nitrogens with zero attached hydrogens (tertiary/aromatic N) is 1. The highest BCUT2D eigenvalue weighted by atomic mass is 35.5. The summed E-state index contributed by atoms with van der Waals surface area (Å²) in [5.41, 5.74) is -2.13. The van der Waals surface area contributed by atoms with Crippen LogP contribution < -0.4 is 11.2 Å². The molecule has 1 unspecified atom stereocenters. The average Bonchev–Trinajstić information content (AvgIpc) is 2.19. The van der Waals surface area contributed by atoms with Crippen molar-refractivity contribution in [1.82, 2.24) is 9.55 Å². The highest BCUT2D eigenvalue weighted by Crippen LogP contribution is 2.27. The zero-order valence-electron chi connectivity index (χ0n) is 8.49. The first-order valence-corrected chi connectivity index (χ1v) is 4.79. The molecule has 0 aliphatic carbocycles. The molecule has 0 fully saturated rings. The van der Waals surface area contributed by atoms with Crippen molar-refractivity contribution >= 4 is 17.6 Å². The molecule has 100 valence electrons. The Kier molecular flexibility index (Phi) is 3.85. The van der Waals surface area contributed by atoms with Crippen molar-refractivity contribution in [2.45, 2.75) is 12.7 Å². The van der Waals surface area contributed by atoms with Gasteiger partial charge in [0.15, 0.2) is 5.92 Å². The van der Waals surface area contributed by atoms with Crippen molar-refractivity contribution in [2.75, 3.05) is 0 Å². The molecule has 6 nitrogen and oxygen atoms in total. The van der Waals surface area contributed by atoms with E-state index in [1.807, 2.05) is 0 Å². The second-order valence-corrected chi connectivity index (χ2v) is 3.73. The summed E-state index contributed by atoms with van der Waals surface area (Å²) in [6, 6.07) is 0. The third-order valence-electron chi connectivity index (χ3n) is 2.04. The number of aromatic amines is 1. The standard InChI is InChI=1S/C8H6ClF3N2O4/c9-4-2-14(7(18)13-5(4)15)1-3(6(16)17)8(10,11)12/h2-3H,1H2,(H,16,17)(H,13,15,18). The van der Waals surface area contributed by atoms with Crippen molar-refractivity contribution in [3.63, 3.8) is 0 Å². The van der Waals surface area contributed by atoms with E-state index in [9.17, 15) is 27.6 Å². The Morgan fingerprint density at radius 1 is 1.50 bits per heavy atom. The van der Waals surface area contributed by atoms with E-state index < -0.39 is 40.9 Å². The van der Waals surface area contributed by atoms with Crippen molar-refractivity contribution < 1.29 is 23.1 Å². The van der Waals surface area contributed by atoms with Crippen LogP contribution in [-0.4, -0.2) is 26.8 Å². The summed E-state index contributed by atoms with van der Waals surface area (Å²) in [6.45, 7) is -1.17. The van der Waals surface area contributed by atoms with Crippen LogP contribution in [0.3, 0.4) is 0 Å². The van der Waals surface area contributed by atoms with E-state index >= 15 is 0 Å². The van der Waals surface area contributed by atoms with Crippen LogP contribution in [0.2, 0.25) is 5.02 Å². The van der Waals surface area contributed by atoms with Crippen LogP contribution in [0.5, 0.6) is 0 Å². The van der Waals surface area contributed by atoms with E-state index in [4.69, 9.17) is 16.7 Å². The largest absolute Gasteiger partial charge is 0.481 e. The molecule has 0 saturated heterocycles. The molecule has 10 heteroatoms. The fourth-order valence-corrected chi connectivity index (χ4v) is 1.30. The molecule has 1 aromatic heterocycles. The second kappa shape index (κ2) is 4.84. The van der Waals surface area contributed by atoms with E-state index in [0.717, 1.165) is 0 Å². The first kappa shape index (κ1) is 14.3. The summed E-state index contributed by atoms with van der Waals surface area (Å²) < 4.78 is 37.5. The molecular weight excluding hydrogens is 281 g/mol. The van der Waals surface area contributed by atoms with E-state index in [1.165, 1.54) is 0 Å². The number of hydrogen-bond acceptors (Lipinski definition) is 3. The number of rotatable bonds is 3. The molecule has 2 N–H and O–H groups in total. The van der Waals surface area contributed by atoms with Gasteiger partial charge in [-0.15, -0.1) is 0 Å². The third-order valence-corrected chi connectivity index (χ3v) is 2.31. The van der Waals surface area contributed by atoms with Gasteiger partial charge in [0.2, 0.25) is 0 Å². The molecule has 0 saturated carbocycles. The number of alkyl halides is 3. The Labute approximate surface area is 102 Å². The topological polar surface area (TPSA) is 92.2 Å². The van der Waals surface area contributed by atoms with Crippen molar-refractivity contribution in [3.8, 4) is 0 Å². The van der Waals surface area contributed by atoms with Crippen LogP contribution in [0, 0.1) is 5.92 Å². The van der Waals surface area contributed by atoms with Gasteiger partial charge in [0.25, 0.3) is 5.56 Å². The molecule has 0 aliphatic rings. The highest BCUT2D eigenvalue weighted by Gasteiger charge is 2.45. The van der Waals surface area contributed by atoms with Crippen LogP contribution in [0.1, 0.15) is 0 Å². The van der Waals surface area contributed by atoms with Gasteiger partial charge in [0, 0.05) is 12.7 Å². The van der Waals surface area contributed by atoms with Gasteiger partial charge in [-0.05, 0) is 0 Å². The van der Waals surface area contributed by atoms with Crippen LogP contribution in [-0.2, 0) is 11.3 Å². The lowest BCUT2D eigenvalue weighted by Crippen LogP contribution is -2.39. The maximum absolute atomic E-state index is 12.4. The molecule has 0 spiro atoms. The third kappa shape index (κ3) is 3.13. The molecule has 0 aliphatic heterocycles. The zero-order valence-corrected chi connectivity index (χ0v) is 9.25. The number of aliphatic carboxylic acids is 1. The quantitative estimate of drug-likeness (QED) is 0.844. The Hall–Kier alpha value is -1.77. The highest BCUT2D eigenvalue weighted by molar-refractivity contribution is 6.30. The number of nitrogens with one attached hydrogen (secondary N) is 1. The summed E-state index contributed by atoms with van der Waals surface area (Å²) >= 11 is 5.33. The maximum Gasteiger partial charge on any atom is 0.403 e. The lowest BCUT2D eigenvalue weighted by molar-refractivity contribution is -0.196. The van der Waals surface area contributed by atoms with Crippen LogP contribution >= 0.6 is 11.6 Å². The molecule has 1 rings (SSSR count). The van der Waals surface area contributed by atoms with Crippen molar-refractivity contribution in [1.29, 1.82) is 0 Å². The average molecular weight is 287 g/mol. The number of H-pyrrole nitrogens is 1. The van der Waals surface area contributed by atoms with Gasteiger partial charge in [-0.2, -0.15) is 13.2 Å². The van der Waals surface area contributed by atoms with E-state index in [-0.39, 0.29) is 0 Å². The fraction of sp³-hybridized carbons (Fsp3) is 0.375. The Balaban J connectivity index is 3.17. The summed E-state index contributed by atoms with van der Waals surface area (Å²) in [7, 11) is 0. The molecule has 1 aromatic rings. The SMILES string of the molecule is O=C(O)C(Cn1cc(Cl)c(=O)[nH]c1=O)C(F)(F)F. The number of hydrogen-bond donors (Lipinski definition) is 2. The van der Waals surface area contributed by atoms with Gasteiger partial charge < -0.3 is 5.11 Å². The molecule has 0 amide bonds. The molecule has 1 atom stereocenters. The lowest BCUT2D eigenvalue weighted by Gasteiger charge is -2.16. The first-order valence-electron chi connectivity index (χ1n) is 4.41. The minimum Gasteiger partial charge on any atom is -0.481 e. The first-order chi connectivity index (χ1) is 8.12. The van der Waals surface area contributed by atoms with Crippen LogP contribution in [0.4, 0.5) is 13.2 Å². The van der Waals surface area contributed by atoms with Gasteiger partial charge in [0.1, 0.15) is 5.02 Å². The van der Waals surface area contributed by atoms with Gasteiger partial charge in [0.05, 0.1) is 0 Å². The van der Waals surface area contributed by atoms with Crippen molar-refractivity contribution in [3.05, 3.63) is 32.1 Å². The van der Waals surface area contributed by atoms with Crippen LogP contribution in [0.25, 0.3) is 0 Å². The molecule has 1 heterocycles. The van der Waals surface area contributed by atoms with Gasteiger partial charge in [-0.1, -0.05) is 11.6 Å². The molecular formula is C8H6ClF3N2O4. The molecule has 0 radical (unpaired) electrons. The Morgan fingerprint density at radius 3 is 2.50 bits per heavy atom. The molecule has 0 aromatic carbocycles. The Bertz CT molecular complexity index is 577. The number of carboxylic acids is 1. The fourth-order valence-electron chi connectivity index (χ4n) is 1.14. The Morgan fingerprint density at radius 2 is 2.06 bits per heavy atom. The zero-order chi connectivity index (χ0) is 14.1.